The number of rotatable bonds is 4. The van der Waals surface area contributed by atoms with Crippen LogP contribution in [0.25, 0.3) is 0 Å². The van der Waals surface area contributed by atoms with Crippen molar-refractivity contribution in [2.45, 2.75) is 58.6 Å². The van der Waals surface area contributed by atoms with E-state index in [1.165, 1.54) is 12.8 Å². The van der Waals surface area contributed by atoms with Gasteiger partial charge < -0.3 is 9.64 Å². The summed E-state index contributed by atoms with van der Waals surface area (Å²) in [5, 5.41) is 4.27. The first-order chi connectivity index (χ1) is 12.9. The van der Waals surface area contributed by atoms with Crippen LogP contribution >= 0.6 is 0 Å². The number of likely N-dealkylation sites (tertiary alicyclic amines) is 2. The second-order valence-electron chi connectivity index (χ2n) is 8.26. The molecule has 8 nitrogen and oxygen atoms in total. The van der Waals surface area contributed by atoms with Crippen molar-refractivity contribution in [2.75, 3.05) is 32.7 Å². The van der Waals surface area contributed by atoms with Gasteiger partial charge in [-0.05, 0) is 52.6 Å². The number of amides is 1. The molecule has 0 aliphatic carbocycles. The van der Waals surface area contributed by atoms with E-state index in [9.17, 15) is 9.59 Å². The summed E-state index contributed by atoms with van der Waals surface area (Å²) in [4.78, 5) is 33.7. The summed E-state index contributed by atoms with van der Waals surface area (Å²) in [6.45, 7) is 8.20. The number of esters is 1. The van der Waals surface area contributed by atoms with Gasteiger partial charge in [0.15, 0.2) is 0 Å². The Balaban J connectivity index is 1.32. The number of hydrogen-bond acceptors (Lipinski definition) is 6. The average Bonchev–Trinajstić information content (AvgIpc) is 3.31. The maximum absolute atomic E-state index is 12.6. The topological polar surface area (TPSA) is 80.6 Å². The van der Waals surface area contributed by atoms with Crippen LogP contribution in [0.3, 0.4) is 0 Å². The average molecular weight is 375 g/mol. The van der Waals surface area contributed by atoms with E-state index in [-0.39, 0.29) is 29.9 Å². The molecule has 1 atom stereocenters. The number of aromatic nitrogens is 3. The van der Waals surface area contributed by atoms with Crippen molar-refractivity contribution in [1.29, 1.82) is 0 Å². The summed E-state index contributed by atoms with van der Waals surface area (Å²) < 4.78 is 7.37. The van der Waals surface area contributed by atoms with Crippen molar-refractivity contribution in [3.05, 3.63) is 11.6 Å². The zero-order valence-electron chi connectivity index (χ0n) is 16.3. The molecule has 8 heteroatoms. The number of piperidine rings is 1. The van der Waals surface area contributed by atoms with Crippen LogP contribution < -0.4 is 0 Å². The van der Waals surface area contributed by atoms with E-state index in [4.69, 9.17) is 4.74 Å². The summed E-state index contributed by atoms with van der Waals surface area (Å²) in [6.07, 6.45) is 4.69. The molecule has 4 rings (SSSR count). The SMILES string of the molecule is Cc1nc(C)n(CC(=O)N2CCC3(CC2)CC(CN2CCCC2)OC3=O)n1. The van der Waals surface area contributed by atoms with Crippen LogP contribution in [-0.2, 0) is 20.9 Å². The molecular formula is C19H29N5O3. The lowest BCUT2D eigenvalue weighted by Gasteiger charge is -2.36. The molecule has 27 heavy (non-hydrogen) atoms. The molecule has 0 radical (unpaired) electrons. The van der Waals surface area contributed by atoms with E-state index in [0.717, 1.165) is 31.9 Å². The van der Waals surface area contributed by atoms with E-state index >= 15 is 0 Å². The molecule has 1 spiro atoms. The van der Waals surface area contributed by atoms with E-state index in [1.807, 2.05) is 18.7 Å². The van der Waals surface area contributed by atoms with Crippen molar-refractivity contribution in [3.63, 3.8) is 0 Å². The normalized spacial score (nSPS) is 25.3. The molecule has 148 valence electrons. The number of carbonyl (C=O) groups is 2. The fraction of sp³-hybridized carbons (Fsp3) is 0.789. The van der Waals surface area contributed by atoms with Crippen molar-refractivity contribution >= 4 is 11.9 Å². The third-order valence-corrected chi connectivity index (χ3v) is 6.31. The summed E-state index contributed by atoms with van der Waals surface area (Å²) >= 11 is 0. The minimum absolute atomic E-state index is 0.0126. The van der Waals surface area contributed by atoms with Crippen molar-refractivity contribution in [3.8, 4) is 0 Å². The highest BCUT2D eigenvalue weighted by molar-refractivity contribution is 5.80. The second-order valence-corrected chi connectivity index (χ2v) is 8.26. The number of hydrogen-bond donors (Lipinski definition) is 0. The van der Waals surface area contributed by atoms with Crippen LogP contribution in [0, 0.1) is 19.3 Å². The summed E-state index contributed by atoms with van der Waals surface area (Å²) in [7, 11) is 0. The molecular weight excluding hydrogens is 346 g/mol. The van der Waals surface area contributed by atoms with Gasteiger partial charge in [0, 0.05) is 26.1 Å². The molecule has 0 saturated carbocycles. The van der Waals surface area contributed by atoms with Crippen LogP contribution in [-0.4, -0.2) is 75.3 Å². The van der Waals surface area contributed by atoms with Gasteiger partial charge in [0.25, 0.3) is 0 Å². The smallest absolute Gasteiger partial charge is 0.312 e. The molecule has 0 aromatic carbocycles. The van der Waals surface area contributed by atoms with Crippen LogP contribution in [0.5, 0.6) is 0 Å². The number of ether oxygens (including phenoxy) is 1. The number of nitrogens with zero attached hydrogens (tertiary/aromatic N) is 5. The summed E-state index contributed by atoms with van der Waals surface area (Å²) in [6, 6.07) is 0. The van der Waals surface area contributed by atoms with E-state index in [1.54, 1.807) is 4.68 Å². The third-order valence-electron chi connectivity index (χ3n) is 6.31. The van der Waals surface area contributed by atoms with E-state index in [0.29, 0.717) is 31.8 Å². The predicted molar refractivity (Wildman–Crippen MR) is 97.9 cm³/mol. The molecule has 1 unspecified atom stereocenters. The molecule has 3 aliphatic heterocycles. The van der Waals surface area contributed by atoms with Gasteiger partial charge in [0.05, 0.1) is 5.41 Å². The minimum Gasteiger partial charge on any atom is -0.461 e. The zero-order chi connectivity index (χ0) is 19.0. The molecule has 1 aromatic heterocycles. The first-order valence-corrected chi connectivity index (χ1v) is 10.0. The van der Waals surface area contributed by atoms with Gasteiger partial charge in [0.1, 0.15) is 24.3 Å². The Hall–Kier alpha value is -1.96. The van der Waals surface area contributed by atoms with Gasteiger partial charge in [-0.1, -0.05) is 0 Å². The van der Waals surface area contributed by atoms with E-state index < -0.39 is 0 Å². The van der Waals surface area contributed by atoms with Crippen molar-refractivity contribution in [2.24, 2.45) is 5.41 Å². The Bertz CT molecular complexity index is 717. The number of aryl methyl sites for hydroxylation is 2. The fourth-order valence-corrected chi connectivity index (χ4v) is 4.72. The fourth-order valence-electron chi connectivity index (χ4n) is 4.72. The lowest BCUT2D eigenvalue weighted by atomic mass is 9.76. The third kappa shape index (κ3) is 3.72. The number of cyclic esters (lactones) is 1. The molecule has 3 saturated heterocycles. The minimum atomic E-state index is -0.388. The quantitative estimate of drug-likeness (QED) is 0.728. The van der Waals surface area contributed by atoms with Gasteiger partial charge in [0.2, 0.25) is 5.91 Å². The molecule has 0 bridgehead atoms. The molecule has 4 heterocycles. The molecule has 3 aliphatic rings. The predicted octanol–water partition coefficient (Wildman–Crippen LogP) is 0.915. The van der Waals surface area contributed by atoms with Crippen LogP contribution in [0.1, 0.15) is 43.8 Å². The first-order valence-electron chi connectivity index (χ1n) is 10.0. The Morgan fingerprint density at radius 2 is 1.89 bits per heavy atom. The van der Waals surface area contributed by atoms with Crippen LogP contribution in [0.15, 0.2) is 0 Å². The first kappa shape index (κ1) is 18.4. The Morgan fingerprint density at radius 3 is 2.52 bits per heavy atom. The zero-order valence-corrected chi connectivity index (χ0v) is 16.3. The molecule has 1 aromatic rings. The maximum atomic E-state index is 12.6. The van der Waals surface area contributed by atoms with Gasteiger partial charge in [-0.2, -0.15) is 5.10 Å². The monoisotopic (exact) mass is 375 g/mol. The molecule has 1 amide bonds. The summed E-state index contributed by atoms with van der Waals surface area (Å²) in [5.41, 5.74) is -0.388. The van der Waals surface area contributed by atoms with Gasteiger partial charge in [-0.25, -0.2) is 9.67 Å². The van der Waals surface area contributed by atoms with E-state index in [2.05, 4.69) is 15.0 Å². The highest BCUT2D eigenvalue weighted by Crippen LogP contribution is 2.43. The molecule has 3 fully saturated rings. The maximum Gasteiger partial charge on any atom is 0.312 e. The van der Waals surface area contributed by atoms with Crippen molar-refractivity contribution in [1.82, 2.24) is 24.6 Å². The largest absolute Gasteiger partial charge is 0.461 e. The van der Waals surface area contributed by atoms with Crippen LogP contribution in [0.2, 0.25) is 0 Å². The highest BCUT2D eigenvalue weighted by atomic mass is 16.6. The standard InChI is InChI=1S/C19H29N5O3/c1-14-20-15(2)24(21-14)13-17(25)23-9-5-19(6-10-23)11-16(27-18(19)26)12-22-7-3-4-8-22/h16H,3-13H2,1-2H3. The Kier molecular flexibility index (Phi) is 4.92. The van der Waals surface area contributed by atoms with Gasteiger partial charge >= 0.3 is 5.97 Å². The Labute approximate surface area is 159 Å². The van der Waals surface area contributed by atoms with Crippen molar-refractivity contribution < 1.29 is 14.3 Å². The summed E-state index contributed by atoms with van der Waals surface area (Å²) in [5.74, 6) is 1.41. The lowest BCUT2D eigenvalue weighted by molar-refractivity contribution is -0.153. The van der Waals surface area contributed by atoms with Crippen LogP contribution in [0.4, 0.5) is 0 Å². The number of carbonyl (C=O) groups excluding carboxylic acids is 2. The molecule has 0 N–H and O–H groups in total. The highest BCUT2D eigenvalue weighted by Gasteiger charge is 2.51. The van der Waals surface area contributed by atoms with Gasteiger partial charge in [-0.15, -0.1) is 0 Å². The Morgan fingerprint density at radius 1 is 1.19 bits per heavy atom. The lowest BCUT2D eigenvalue weighted by Crippen LogP contribution is -2.46. The second kappa shape index (κ2) is 7.22. The van der Waals surface area contributed by atoms with Gasteiger partial charge in [-0.3, -0.25) is 14.5 Å².